The number of nitrogens with one attached hydrogen (secondary N) is 1. The van der Waals surface area contributed by atoms with Gasteiger partial charge in [0.25, 0.3) is 5.91 Å². The van der Waals surface area contributed by atoms with Crippen molar-refractivity contribution in [2.24, 2.45) is 5.92 Å². The maximum atomic E-state index is 12.2. The Balaban J connectivity index is 2.09. The average Bonchev–Trinajstić information content (AvgIpc) is 2.39. The first-order valence-electron chi connectivity index (χ1n) is 6.77. The molecule has 0 radical (unpaired) electrons. The third-order valence-corrected chi connectivity index (χ3v) is 3.90. The highest BCUT2D eigenvalue weighted by Gasteiger charge is 2.35. The summed E-state index contributed by atoms with van der Waals surface area (Å²) < 4.78 is 0. The van der Waals surface area contributed by atoms with Gasteiger partial charge in [-0.15, -0.1) is 0 Å². The van der Waals surface area contributed by atoms with Crippen LogP contribution in [0.3, 0.4) is 0 Å². The Morgan fingerprint density at radius 2 is 2.11 bits per heavy atom. The normalized spacial score (nSPS) is 26.9. The van der Waals surface area contributed by atoms with E-state index in [1.165, 1.54) is 12.1 Å². The number of rotatable bonds is 3. The highest BCUT2D eigenvalue weighted by Crippen LogP contribution is 2.32. The van der Waals surface area contributed by atoms with Crippen LogP contribution < -0.4 is 5.32 Å². The predicted octanol–water partition coefficient (Wildman–Crippen LogP) is 2.06. The fourth-order valence-electron chi connectivity index (χ4n) is 2.88. The summed E-state index contributed by atoms with van der Waals surface area (Å²) in [5.41, 5.74) is 0.0101. The monoisotopic (exact) mass is 263 g/mol. The molecule has 2 rings (SSSR count). The van der Waals surface area contributed by atoms with E-state index < -0.39 is 5.54 Å². The zero-order valence-corrected chi connectivity index (χ0v) is 11.2. The predicted molar refractivity (Wildman–Crippen MR) is 73.0 cm³/mol. The van der Waals surface area contributed by atoms with Gasteiger partial charge in [-0.05, 0) is 43.0 Å². The molecular formula is C15H21NO3. The highest BCUT2D eigenvalue weighted by atomic mass is 16.3. The summed E-state index contributed by atoms with van der Waals surface area (Å²) >= 11 is 0. The fraction of sp³-hybridized carbons (Fsp3) is 0.533. The van der Waals surface area contributed by atoms with E-state index in [1.54, 1.807) is 12.1 Å². The number of phenolic OH excluding ortho intramolecular Hbond substituents is 1. The van der Waals surface area contributed by atoms with Gasteiger partial charge >= 0.3 is 0 Å². The van der Waals surface area contributed by atoms with Crippen LogP contribution in [0.15, 0.2) is 24.3 Å². The van der Waals surface area contributed by atoms with Crippen molar-refractivity contribution in [1.29, 1.82) is 0 Å². The van der Waals surface area contributed by atoms with Crippen molar-refractivity contribution in [3.05, 3.63) is 29.8 Å². The van der Waals surface area contributed by atoms with E-state index in [0.29, 0.717) is 11.5 Å². The van der Waals surface area contributed by atoms with Crippen LogP contribution in [0.1, 0.15) is 43.0 Å². The number of aliphatic hydroxyl groups excluding tert-OH is 1. The van der Waals surface area contributed by atoms with E-state index in [2.05, 4.69) is 12.2 Å². The van der Waals surface area contributed by atoms with Gasteiger partial charge in [-0.3, -0.25) is 4.79 Å². The van der Waals surface area contributed by atoms with Gasteiger partial charge in [0.15, 0.2) is 0 Å². The Hall–Kier alpha value is -1.55. The Labute approximate surface area is 113 Å². The fourth-order valence-corrected chi connectivity index (χ4v) is 2.88. The summed E-state index contributed by atoms with van der Waals surface area (Å²) in [5, 5.41) is 21.8. The summed E-state index contributed by atoms with van der Waals surface area (Å²) in [4.78, 5) is 12.2. The molecule has 4 nitrogen and oxygen atoms in total. The minimum absolute atomic E-state index is 0.0266. The summed E-state index contributed by atoms with van der Waals surface area (Å²) in [6, 6.07) is 6.15. The van der Waals surface area contributed by atoms with Gasteiger partial charge in [0, 0.05) is 5.56 Å². The van der Waals surface area contributed by atoms with Gasteiger partial charge in [-0.25, -0.2) is 0 Å². The first-order valence-corrected chi connectivity index (χ1v) is 6.77. The molecule has 4 heteroatoms. The summed E-state index contributed by atoms with van der Waals surface area (Å²) in [7, 11) is 0. The van der Waals surface area contributed by atoms with E-state index in [0.717, 1.165) is 25.7 Å². The van der Waals surface area contributed by atoms with Crippen LogP contribution in [0.5, 0.6) is 5.75 Å². The zero-order chi connectivity index (χ0) is 13.9. The lowest BCUT2D eigenvalue weighted by molar-refractivity contribution is 0.0697. The number of amides is 1. The molecule has 3 N–H and O–H groups in total. The maximum Gasteiger partial charge on any atom is 0.251 e. The largest absolute Gasteiger partial charge is 0.508 e. The molecule has 1 aromatic rings. The quantitative estimate of drug-likeness (QED) is 0.782. The standard InChI is InChI=1S/C15H21NO3/c1-11-3-2-8-15(9-11,10-17)16-14(19)12-4-6-13(18)7-5-12/h4-7,11,17-18H,2-3,8-10H2,1H3,(H,16,19). The minimum Gasteiger partial charge on any atom is -0.508 e. The van der Waals surface area contributed by atoms with Gasteiger partial charge in [0.05, 0.1) is 12.1 Å². The van der Waals surface area contributed by atoms with Crippen LogP contribution in [-0.2, 0) is 0 Å². The molecule has 2 unspecified atom stereocenters. The molecule has 0 bridgehead atoms. The molecule has 0 aliphatic heterocycles. The van der Waals surface area contributed by atoms with E-state index in [4.69, 9.17) is 0 Å². The molecule has 19 heavy (non-hydrogen) atoms. The molecule has 1 aliphatic rings. The van der Waals surface area contributed by atoms with Crippen molar-refractivity contribution in [2.45, 2.75) is 38.1 Å². The molecule has 0 heterocycles. The van der Waals surface area contributed by atoms with E-state index in [1.807, 2.05) is 0 Å². The van der Waals surface area contributed by atoms with E-state index in [-0.39, 0.29) is 18.3 Å². The second-order valence-electron chi connectivity index (χ2n) is 5.64. The Kier molecular flexibility index (Phi) is 4.10. The highest BCUT2D eigenvalue weighted by molar-refractivity contribution is 5.94. The van der Waals surface area contributed by atoms with Crippen LogP contribution in [0, 0.1) is 5.92 Å². The van der Waals surface area contributed by atoms with Crippen LogP contribution in [0.25, 0.3) is 0 Å². The van der Waals surface area contributed by atoms with Crippen molar-refractivity contribution >= 4 is 5.91 Å². The molecule has 1 aliphatic carbocycles. The molecule has 0 saturated heterocycles. The average molecular weight is 263 g/mol. The molecule has 1 saturated carbocycles. The lowest BCUT2D eigenvalue weighted by atomic mass is 9.76. The van der Waals surface area contributed by atoms with E-state index in [9.17, 15) is 15.0 Å². The Bertz CT molecular complexity index is 443. The topological polar surface area (TPSA) is 69.6 Å². The third-order valence-electron chi connectivity index (χ3n) is 3.90. The first kappa shape index (κ1) is 13.9. The van der Waals surface area contributed by atoms with Crippen molar-refractivity contribution in [2.75, 3.05) is 6.61 Å². The second kappa shape index (κ2) is 5.61. The SMILES string of the molecule is CC1CCCC(CO)(NC(=O)c2ccc(O)cc2)C1. The van der Waals surface area contributed by atoms with Crippen molar-refractivity contribution in [3.8, 4) is 5.75 Å². The number of hydrogen-bond donors (Lipinski definition) is 3. The first-order chi connectivity index (χ1) is 9.04. The van der Waals surface area contributed by atoms with Gasteiger partial charge in [0.1, 0.15) is 5.75 Å². The van der Waals surface area contributed by atoms with Crippen molar-refractivity contribution in [1.82, 2.24) is 5.32 Å². The maximum absolute atomic E-state index is 12.2. The number of aliphatic hydroxyl groups is 1. The zero-order valence-electron chi connectivity index (χ0n) is 11.2. The molecule has 1 fully saturated rings. The number of carbonyl (C=O) groups is 1. The second-order valence-corrected chi connectivity index (χ2v) is 5.64. The van der Waals surface area contributed by atoms with Gasteiger partial charge < -0.3 is 15.5 Å². The Morgan fingerprint density at radius 1 is 1.42 bits per heavy atom. The van der Waals surface area contributed by atoms with E-state index >= 15 is 0 Å². The van der Waals surface area contributed by atoms with Gasteiger partial charge in [0.2, 0.25) is 0 Å². The molecule has 2 atom stereocenters. The van der Waals surface area contributed by atoms with Crippen LogP contribution in [-0.4, -0.2) is 28.3 Å². The lowest BCUT2D eigenvalue weighted by Crippen LogP contribution is -2.53. The van der Waals surface area contributed by atoms with Gasteiger partial charge in [-0.1, -0.05) is 19.8 Å². The molecule has 0 spiro atoms. The number of phenols is 1. The number of aromatic hydroxyl groups is 1. The molecule has 104 valence electrons. The van der Waals surface area contributed by atoms with Crippen LogP contribution >= 0.6 is 0 Å². The van der Waals surface area contributed by atoms with Crippen molar-refractivity contribution < 1.29 is 15.0 Å². The summed E-state index contributed by atoms with van der Waals surface area (Å²) in [6.45, 7) is 2.12. The summed E-state index contributed by atoms with van der Waals surface area (Å²) in [6.07, 6.45) is 3.80. The third kappa shape index (κ3) is 3.26. The molecular weight excluding hydrogens is 242 g/mol. The number of carbonyl (C=O) groups excluding carboxylic acids is 1. The number of hydrogen-bond acceptors (Lipinski definition) is 3. The molecule has 1 amide bonds. The van der Waals surface area contributed by atoms with Crippen LogP contribution in [0.2, 0.25) is 0 Å². The molecule has 1 aromatic carbocycles. The summed E-state index contributed by atoms with van der Waals surface area (Å²) in [5.74, 6) is 0.462. The minimum atomic E-state index is -0.493. The van der Waals surface area contributed by atoms with Crippen molar-refractivity contribution in [3.63, 3.8) is 0 Å². The van der Waals surface area contributed by atoms with Crippen LogP contribution in [0.4, 0.5) is 0 Å². The lowest BCUT2D eigenvalue weighted by Gasteiger charge is -2.39. The number of benzene rings is 1. The Morgan fingerprint density at radius 3 is 2.68 bits per heavy atom. The molecule has 0 aromatic heterocycles. The van der Waals surface area contributed by atoms with Gasteiger partial charge in [-0.2, -0.15) is 0 Å². The smallest absolute Gasteiger partial charge is 0.251 e.